The third-order valence-electron chi connectivity index (χ3n) is 3.73. The fourth-order valence-corrected chi connectivity index (χ4v) is 2.57. The summed E-state index contributed by atoms with van der Waals surface area (Å²) in [6.07, 6.45) is 3.26. The third kappa shape index (κ3) is 6.40. The van der Waals surface area contributed by atoms with Crippen LogP contribution in [0.15, 0.2) is 0 Å². The van der Waals surface area contributed by atoms with E-state index < -0.39 is 0 Å². The lowest BCUT2D eigenvalue weighted by Crippen LogP contribution is -2.41. The lowest BCUT2D eigenvalue weighted by atomic mass is 9.96. The number of rotatable bonds is 6. The highest BCUT2D eigenvalue weighted by Crippen LogP contribution is 2.18. The highest BCUT2D eigenvalue weighted by Gasteiger charge is 2.23. The monoisotopic (exact) mass is 282 g/mol. The van der Waals surface area contributed by atoms with Crippen LogP contribution in [0.2, 0.25) is 0 Å². The number of carbonyl (C=O) groups excluding carboxylic acids is 2. The lowest BCUT2D eigenvalue weighted by molar-refractivity contribution is -0.133. The van der Waals surface area contributed by atoms with Gasteiger partial charge in [-0.1, -0.05) is 27.7 Å². The van der Waals surface area contributed by atoms with Crippen LogP contribution in [0.3, 0.4) is 0 Å². The van der Waals surface area contributed by atoms with Gasteiger partial charge in [0.2, 0.25) is 11.8 Å². The van der Waals surface area contributed by atoms with E-state index in [1.807, 2.05) is 4.90 Å². The van der Waals surface area contributed by atoms with Gasteiger partial charge in [-0.2, -0.15) is 0 Å². The van der Waals surface area contributed by atoms with Crippen molar-refractivity contribution in [3.63, 3.8) is 0 Å². The summed E-state index contributed by atoms with van der Waals surface area (Å²) >= 11 is 0. The zero-order chi connectivity index (χ0) is 15.1. The van der Waals surface area contributed by atoms with Crippen molar-refractivity contribution >= 4 is 11.8 Å². The quantitative estimate of drug-likeness (QED) is 0.813. The molecule has 4 heteroatoms. The summed E-state index contributed by atoms with van der Waals surface area (Å²) in [4.78, 5) is 25.6. The van der Waals surface area contributed by atoms with Crippen molar-refractivity contribution in [2.75, 3.05) is 19.6 Å². The Bertz CT molecular complexity index is 318. The first-order chi connectivity index (χ1) is 9.38. The van der Waals surface area contributed by atoms with Crippen LogP contribution >= 0.6 is 0 Å². The summed E-state index contributed by atoms with van der Waals surface area (Å²) in [6, 6.07) is 0. The minimum Gasteiger partial charge on any atom is -0.356 e. The van der Waals surface area contributed by atoms with E-state index in [2.05, 4.69) is 33.0 Å². The predicted octanol–water partition coefficient (Wildman–Crippen LogP) is 2.43. The standard InChI is InChI=1S/C16H30N2O2/c1-12(2)9-15(19)17-11-14-5-7-18(8-6-14)16(20)10-13(3)4/h12-14H,5-11H2,1-4H3,(H,17,19). The maximum absolute atomic E-state index is 12.0. The molecule has 0 atom stereocenters. The van der Waals surface area contributed by atoms with Crippen molar-refractivity contribution < 1.29 is 9.59 Å². The van der Waals surface area contributed by atoms with Crippen LogP contribution in [-0.2, 0) is 9.59 Å². The zero-order valence-electron chi connectivity index (χ0n) is 13.4. The van der Waals surface area contributed by atoms with Gasteiger partial charge in [-0.05, 0) is 30.6 Å². The molecule has 116 valence electrons. The largest absolute Gasteiger partial charge is 0.356 e. The second-order valence-electron chi connectivity index (χ2n) is 6.82. The van der Waals surface area contributed by atoms with Gasteiger partial charge in [0, 0.05) is 32.5 Å². The molecule has 1 heterocycles. The molecule has 0 radical (unpaired) electrons. The summed E-state index contributed by atoms with van der Waals surface area (Å²) in [6.45, 7) is 10.7. The Hall–Kier alpha value is -1.06. The van der Waals surface area contributed by atoms with E-state index in [4.69, 9.17) is 0 Å². The molecule has 1 aliphatic rings. The first kappa shape index (κ1) is 17.0. The molecule has 0 aromatic heterocycles. The Morgan fingerprint density at radius 2 is 1.60 bits per heavy atom. The van der Waals surface area contributed by atoms with Gasteiger partial charge in [-0.25, -0.2) is 0 Å². The van der Waals surface area contributed by atoms with Gasteiger partial charge in [0.25, 0.3) is 0 Å². The second kappa shape index (κ2) is 8.28. The molecule has 0 saturated carbocycles. The van der Waals surface area contributed by atoms with Crippen molar-refractivity contribution in [1.82, 2.24) is 10.2 Å². The van der Waals surface area contributed by atoms with Gasteiger partial charge in [-0.15, -0.1) is 0 Å². The Morgan fingerprint density at radius 1 is 1.05 bits per heavy atom. The summed E-state index contributed by atoms with van der Waals surface area (Å²) < 4.78 is 0. The molecule has 1 saturated heterocycles. The fourth-order valence-electron chi connectivity index (χ4n) is 2.57. The molecule has 4 nitrogen and oxygen atoms in total. The number of nitrogens with one attached hydrogen (secondary N) is 1. The van der Waals surface area contributed by atoms with Crippen LogP contribution in [0.4, 0.5) is 0 Å². The van der Waals surface area contributed by atoms with Crippen LogP contribution < -0.4 is 5.32 Å². The molecule has 1 fully saturated rings. The van der Waals surface area contributed by atoms with E-state index in [-0.39, 0.29) is 11.8 Å². The lowest BCUT2D eigenvalue weighted by Gasteiger charge is -2.32. The number of piperidine rings is 1. The first-order valence-electron chi connectivity index (χ1n) is 7.93. The molecular formula is C16H30N2O2. The summed E-state index contributed by atoms with van der Waals surface area (Å²) in [5.41, 5.74) is 0. The molecule has 1 aliphatic heterocycles. The molecule has 1 N–H and O–H groups in total. The Kier molecular flexibility index (Phi) is 7.03. The van der Waals surface area contributed by atoms with Gasteiger partial charge in [0.05, 0.1) is 0 Å². The van der Waals surface area contributed by atoms with Gasteiger partial charge in [0.15, 0.2) is 0 Å². The first-order valence-corrected chi connectivity index (χ1v) is 7.93. The molecule has 0 spiro atoms. The van der Waals surface area contributed by atoms with Crippen molar-refractivity contribution in [3.8, 4) is 0 Å². The SMILES string of the molecule is CC(C)CC(=O)NCC1CCN(C(=O)CC(C)C)CC1. The summed E-state index contributed by atoms with van der Waals surface area (Å²) in [7, 11) is 0. The van der Waals surface area contributed by atoms with E-state index in [1.165, 1.54) is 0 Å². The topological polar surface area (TPSA) is 49.4 Å². The normalized spacial score (nSPS) is 16.8. The molecule has 0 aromatic rings. The van der Waals surface area contributed by atoms with Crippen molar-refractivity contribution in [2.45, 2.75) is 53.4 Å². The molecule has 0 bridgehead atoms. The molecule has 2 amide bonds. The molecular weight excluding hydrogens is 252 g/mol. The number of nitrogens with zero attached hydrogens (tertiary/aromatic N) is 1. The number of hydrogen-bond donors (Lipinski definition) is 1. The number of hydrogen-bond acceptors (Lipinski definition) is 2. The third-order valence-corrected chi connectivity index (χ3v) is 3.73. The zero-order valence-corrected chi connectivity index (χ0v) is 13.4. The maximum atomic E-state index is 12.0. The van der Waals surface area contributed by atoms with Crippen LogP contribution in [-0.4, -0.2) is 36.3 Å². The average Bonchev–Trinajstić information content (AvgIpc) is 2.35. The van der Waals surface area contributed by atoms with Crippen LogP contribution in [0.1, 0.15) is 53.4 Å². The predicted molar refractivity (Wildman–Crippen MR) is 81.2 cm³/mol. The van der Waals surface area contributed by atoms with E-state index in [0.717, 1.165) is 32.5 Å². The minimum atomic E-state index is 0.151. The van der Waals surface area contributed by atoms with Crippen molar-refractivity contribution in [2.24, 2.45) is 17.8 Å². The summed E-state index contributed by atoms with van der Waals surface area (Å²) in [5.74, 6) is 1.79. The highest BCUT2D eigenvalue weighted by molar-refractivity contribution is 5.76. The molecule has 20 heavy (non-hydrogen) atoms. The van der Waals surface area contributed by atoms with E-state index >= 15 is 0 Å². The van der Waals surface area contributed by atoms with Gasteiger partial charge in [-0.3, -0.25) is 9.59 Å². The van der Waals surface area contributed by atoms with Crippen LogP contribution in [0.25, 0.3) is 0 Å². The number of carbonyl (C=O) groups is 2. The Balaban J connectivity index is 2.22. The highest BCUT2D eigenvalue weighted by atomic mass is 16.2. The smallest absolute Gasteiger partial charge is 0.222 e. The van der Waals surface area contributed by atoms with E-state index in [0.29, 0.717) is 30.6 Å². The minimum absolute atomic E-state index is 0.151. The average molecular weight is 282 g/mol. The fraction of sp³-hybridized carbons (Fsp3) is 0.875. The Labute approximate surface area is 123 Å². The molecule has 0 aromatic carbocycles. The Morgan fingerprint density at radius 3 is 2.10 bits per heavy atom. The maximum Gasteiger partial charge on any atom is 0.222 e. The molecule has 0 unspecified atom stereocenters. The van der Waals surface area contributed by atoms with Crippen LogP contribution in [0, 0.1) is 17.8 Å². The van der Waals surface area contributed by atoms with E-state index in [9.17, 15) is 9.59 Å². The number of likely N-dealkylation sites (tertiary alicyclic amines) is 1. The van der Waals surface area contributed by atoms with Crippen molar-refractivity contribution in [3.05, 3.63) is 0 Å². The second-order valence-corrected chi connectivity index (χ2v) is 6.82. The van der Waals surface area contributed by atoms with Gasteiger partial charge in [0.1, 0.15) is 0 Å². The van der Waals surface area contributed by atoms with Gasteiger partial charge < -0.3 is 10.2 Å². The van der Waals surface area contributed by atoms with Crippen molar-refractivity contribution in [1.29, 1.82) is 0 Å². The van der Waals surface area contributed by atoms with Crippen LogP contribution in [0.5, 0.6) is 0 Å². The van der Waals surface area contributed by atoms with Gasteiger partial charge >= 0.3 is 0 Å². The molecule has 0 aliphatic carbocycles. The molecule has 1 rings (SSSR count). The summed E-state index contributed by atoms with van der Waals surface area (Å²) in [5, 5.41) is 3.02. The number of amides is 2. The van der Waals surface area contributed by atoms with E-state index in [1.54, 1.807) is 0 Å².